The summed E-state index contributed by atoms with van der Waals surface area (Å²) in [4.78, 5) is 19.5. The number of amides is 1. The molecule has 1 N–H and O–H groups in total. The molecular formula is C18H25N3O2. The van der Waals surface area contributed by atoms with Gasteiger partial charge in [0.1, 0.15) is 5.82 Å². The van der Waals surface area contributed by atoms with Crippen molar-refractivity contribution < 1.29 is 9.90 Å². The molecule has 5 nitrogen and oxygen atoms in total. The van der Waals surface area contributed by atoms with E-state index in [1.54, 1.807) is 0 Å². The van der Waals surface area contributed by atoms with Gasteiger partial charge in [-0.05, 0) is 36.8 Å². The molecule has 23 heavy (non-hydrogen) atoms. The van der Waals surface area contributed by atoms with E-state index >= 15 is 0 Å². The van der Waals surface area contributed by atoms with Crippen molar-refractivity contribution in [1.29, 1.82) is 0 Å². The molecule has 1 amide bonds. The first-order valence-corrected chi connectivity index (χ1v) is 8.46. The third-order valence-corrected chi connectivity index (χ3v) is 4.48. The number of carbonyl (C=O) groups excluding carboxylic acids is 1. The minimum atomic E-state index is -0.0122. The molecule has 124 valence electrons. The van der Waals surface area contributed by atoms with E-state index in [9.17, 15) is 9.90 Å². The van der Waals surface area contributed by atoms with Crippen LogP contribution in [-0.2, 0) is 6.42 Å². The highest BCUT2D eigenvalue weighted by atomic mass is 16.3. The third-order valence-electron chi connectivity index (χ3n) is 4.48. The quantitative estimate of drug-likeness (QED) is 0.942. The second-order valence-corrected chi connectivity index (χ2v) is 6.87. The Bertz CT molecular complexity index is 693. The number of hydrogen-bond donors (Lipinski definition) is 1. The molecule has 2 aromatic heterocycles. The van der Waals surface area contributed by atoms with Crippen LogP contribution in [0, 0.1) is 11.8 Å². The first-order valence-electron chi connectivity index (χ1n) is 8.46. The van der Waals surface area contributed by atoms with Crippen molar-refractivity contribution in [2.45, 2.75) is 33.1 Å². The fraction of sp³-hybridized carbons (Fsp3) is 0.556. The van der Waals surface area contributed by atoms with Gasteiger partial charge in [-0.1, -0.05) is 19.9 Å². The summed E-state index contributed by atoms with van der Waals surface area (Å²) in [5.41, 5.74) is 1.42. The van der Waals surface area contributed by atoms with Gasteiger partial charge in [0.25, 0.3) is 5.91 Å². The van der Waals surface area contributed by atoms with Crippen LogP contribution in [0.2, 0.25) is 0 Å². The molecule has 0 radical (unpaired) electrons. The molecule has 0 aliphatic carbocycles. The number of fused-ring (bicyclic) bond motifs is 1. The zero-order valence-corrected chi connectivity index (χ0v) is 13.9. The lowest BCUT2D eigenvalue weighted by molar-refractivity contribution is 0.0617. The van der Waals surface area contributed by atoms with Gasteiger partial charge in [0, 0.05) is 32.3 Å². The van der Waals surface area contributed by atoms with Crippen LogP contribution >= 0.6 is 0 Å². The van der Waals surface area contributed by atoms with E-state index in [4.69, 9.17) is 0 Å². The topological polar surface area (TPSA) is 57.8 Å². The molecule has 0 saturated carbocycles. The molecule has 1 aliphatic heterocycles. The van der Waals surface area contributed by atoms with Gasteiger partial charge in [0.2, 0.25) is 0 Å². The Balaban J connectivity index is 1.94. The molecule has 1 aliphatic rings. The van der Waals surface area contributed by atoms with Gasteiger partial charge in [-0.3, -0.25) is 4.79 Å². The summed E-state index contributed by atoms with van der Waals surface area (Å²) in [7, 11) is 0. The van der Waals surface area contributed by atoms with Crippen LogP contribution in [0.15, 0.2) is 24.4 Å². The standard InChI is InChI=1S/C18H25N3O2/c1-13(2)10-16-19-17(15-7-3-4-9-21(15)16)18(23)20-8-5-6-14(11-20)12-22/h3-4,7,9,13-14,22H,5-6,8,10-12H2,1-2H3. The third kappa shape index (κ3) is 3.24. The van der Waals surface area contributed by atoms with E-state index in [0.717, 1.165) is 37.1 Å². The van der Waals surface area contributed by atoms with Crippen LogP contribution in [0.25, 0.3) is 5.52 Å². The Morgan fingerprint density at radius 2 is 2.26 bits per heavy atom. The van der Waals surface area contributed by atoms with Crippen molar-refractivity contribution in [3.63, 3.8) is 0 Å². The fourth-order valence-electron chi connectivity index (χ4n) is 3.32. The van der Waals surface area contributed by atoms with E-state index in [2.05, 4.69) is 18.8 Å². The lowest BCUT2D eigenvalue weighted by atomic mass is 9.99. The van der Waals surface area contributed by atoms with E-state index in [1.165, 1.54) is 0 Å². The second kappa shape index (κ2) is 6.71. The number of hydrogen-bond acceptors (Lipinski definition) is 3. The SMILES string of the molecule is CC(C)Cc1nc(C(=O)N2CCCC(CO)C2)c2ccccn12. The van der Waals surface area contributed by atoms with Gasteiger partial charge in [-0.2, -0.15) is 0 Å². The highest BCUT2D eigenvalue weighted by Crippen LogP contribution is 2.21. The average Bonchev–Trinajstić information content (AvgIpc) is 2.92. The van der Waals surface area contributed by atoms with E-state index in [1.807, 2.05) is 33.7 Å². The smallest absolute Gasteiger partial charge is 0.274 e. The largest absolute Gasteiger partial charge is 0.396 e. The molecule has 0 bridgehead atoms. The zero-order chi connectivity index (χ0) is 16.4. The average molecular weight is 315 g/mol. The number of aromatic nitrogens is 2. The Labute approximate surface area is 136 Å². The maximum atomic E-state index is 12.9. The lowest BCUT2D eigenvalue weighted by Crippen LogP contribution is -2.41. The molecule has 5 heteroatoms. The number of aliphatic hydroxyl groups is 1. The molecule has 1 atom stereocenters. The Hall–Kier alpha value is -1.88. The molecule has 3 heterocycles. The highest BCUT2D eigenvalue weighted by Gasteiger charge is 2.27. The summed E-state index contributed by atoms with van der Waals surface area (Å²) in [6.45, 7) is 5.83. The second-order valence-electron chi connectivity index (χ2n) is 6.87. The van der Waals surface area contributed by atoms with Gasteiger partial charge in [0.15, 0.2) is 5.69 Å². The number of carbonyl (C=O) groups is 1. The van der Waals surface area contributed by atoms with Crippen LogP contribution in [0.4, 0.5) is 0 Å². The van der Waals surface area contributed by atoms with Crippen LogP contribution in [0.3, 0.4) is 0 Å². The number of nitrogens with zero attached hydrogens (tertiary/aromatic N) is 3. The summed E-state index contributed by atoms with van der Waals surface area (Å²) in [6.07, 6.45) is 4.76. The normalized spacial score (nSPS) is 18.8. The molecule has 1 fully saturated rings. The summed E-state index contributed by atoms with van der Waals surface area (Å²) in [5, 5.41) is 9.38. The number of aliphatic hydroxyl groups excluding tert-OH is 1. The van der Waals surface area contributed by atoms with Crippen molar-refractivity contribution in [3.8, 4) is 0 Å². The van der Waals surface area contributed by atoms with Gasteiger partial charge in [-0.15, -0.1) is 0 Å². The van der Waals surface area contributed by atoms with Gasteiger partial charge in [-0.25, -0.2) is 4.98 Å². The predicted octanol–water partition coefficient (Wildman–Crippen LogP) is 2.38. The summed E-state index contributed by atoms with van der Waals surface area (Å²) < 4.78 is 2.03. The number of rotatable bonds is 4. The van der Waals surface area contributed by atoms with Crippen LogP contribution in [0.1, 0.15) is 43.0 Å². The van der Waals surface area contributed by atoms with E-state index in [-0.39, 0.29) is 18.4 Å². The molecule has 1 unspecified atom stereocenters. The summed E-state index contributed by atoms with van der Waals surface area (Å²) in [5.74, 6) is 1.60. The molecule has 3 rings (SSSR count). The first kappa shape index (κ1) is 16.0. The van der Waals surface area contributed by atoms with Crippen molar-refractivity contribution >= 4 is 11.4 Å². The van der Waals surface area contributed by atoms with Crippen LogP contribution < -0.4 is 0 Å². The number of imidazole rings is 1. The van der Waals surface area contributed by atoms with Gasteiger partial charge < -0.3 is 14.4 Å². The first-order chi connectivity index (χ1) is 11.1. The van der Waals surface area contributed by atoms with Crippen molar-refractivity contribution in [3.05, 3.63) is 35.9 Å². The minimum absolute atomic E-state index is 0.0122. The monoisotopic (exact) mass is 315 g/mol. The predicted molar refractivity (Wildman–Crippen MR) is 89.4 cm³/mol. The fourth-order valence-corrected chi connectivity index (χ4v) is 3.32. The van der Waals surface area contributed by atoms with Gasteiger partial charge in [0.05, 0.1) is 5.52 Å². The van der Waals surface area contributed by atoms with E-state index in [0.29, 0.717) is 18.2 Å². The molecule has 0 spiro atoms. The Kier molecular flexibility index (Phi) is 4.66. The van der Waals surface area contributed by atoms with Crippen LogP contribution in [0.5, 0.6) is 0 Å². The number of pyridine rings is 1. The Morgan fingerprint density at radius 3 is 3.00 bits per heavy atom. The maximum Gasteiger partial charge on any atom is 0.274 e. The summed E-state index contributed by atoms with van der Waals surface area (Å²) in [6, 6.07) is 5.87. The highest BCUT2D eigenvalue weighted by molar-refractivity contribution is 5.99. The van der Waals surface area contributed by atoms with Crippen LogP contribution in [-0.4, -0.2) is 45.0 Å². The number of piperidine rings is 1. The Morgan fingerprint density at radius 1 is 1.43 bits per heavy atom. The van der Waals surface area contributed by atoms with Gasteiger partial charge >= 0.3 is 0 Å². The lowest BCUT2D eigenvalue weighted by Gasteiger charge is -2.31. The zero-order valence-electron chi connectivity index (χ0n) is 13.9. The van der Waals surface area contributed by atoms with Crippen molar-refractivity contribution in [2.75, 3.05) is 19.7 Å². The maximum absolute atomic E-state index is 12.9. The minimum Gasteiger partial charge on any atom is -0.396 e. The molecule has 1 saturated heterocycles. The molecular weight excluding hydrogens is 290 g/mol. The summed E-state index contributed by atoms with van der Waals surface area (Å²) >= 11 is 0. The van der Waals surface area contributed by atoms with Crippen molar-refractivity contribution in [2.24, 2.45) is 11.8 Å². The number of likely N-dealkylation sites (tertiary alicyclic amines) is 1. The van der Waals surface area contributed by atoms with E-state index < -0.39 is 0 Å². The molecule has 0 aromatic carbocycles. The molecule has 2 aromatic rings. The van der Waals surface area contributed by atoms with Crippen molar-refractivity contribution in [1.82, 2.24) is 14.3 Å².